The lowest BCUT2D eigenvalue weighted by atomic mass is 10.2. The van der Waals surface area contributed by atoms with Gasteiger partial charge in [0.15, 0.2) is 0 Å². The van der Waals surface area contributed by atoms with Crippen LogP contribution < -0.4 is 5.32 Å². The van der Waals surface area contributed by atoms with Gasteiger partial charge in [-0.05, 0) is 12.1 Å². The standard InChI is InChI=1S/C15H17F2N3S/c16-12-2-1-3-13(17)14(12)15-19-11(10-21-15)4-7-20-8-5-18-6-9-20/h1-3,10,18H,4-9H2. The quantitative estimate of drug-likeness (QED) is 0.941. The van der Waals surface area contributed by atoms with Gasteiger partial charge in [-0.1, -0.05) is 6.07 Å². The maximum Gasteiger partial charge on any atom is 0.136 e. The molecule has 21 heavy (non-hydrogen) atoms. The van der Waals surface area contributed by atoms with Crippen molar-refractivity contribution >= 4 is 11.3 Å². The van der Waals surface area contributed by atoms with E-state index in [4.69, 9.17) is 0 Å². The third-order valence-electron chi connectivity index (χ3n) is 3.62. The fourth-order valence-corrected chi connectivity index (χ4v) is 3.35. The molecule has 2 heterocycles. The van der Waals surface area contributed by atoms with E-state index in [1.165, 1.54) is 29.5 Å². The Balaban J connectivity index is 1.68. The van der Waals surface area contributed by atoms with Crippen molar-refractivity contribution in [1.82, 2.24) is 15.2 Å². The van der Waals surface area contributed by atoms with E-state index in [9.17, 15) is 8.78 Å². The third kappa shape index (κ3) is 3.45. The van der Waals surface area contributed by atoms with Gasteiger partial charge in [0.05, 0.1) is 11.3 Å². The second-order valence-electron chi connectivity index (χ2n) is 5.08. The van der Waals surface area contributed by atoms with Gasteiger partial charge >= 0.3 is 0 Å². The minimum Gasteiger partial charge on any atom is -0.314 e. The van der Waals surface area contributed by atoms with Crippen LogP contribution in [0.1, 0.15) is 5.69 Å². The van der Waals surface area contributed by atoms with Crippen molar-refractivity contribution in [2.75, 3.05) is 32.7 Å². The minimum atomic E-state index is -0.557. The highest BCUT2D eigenvalue weighted by Gasteiger charge is 2.15. The molecule has 0 radical (unpaired) electrons. The molecule has 0 atom stereocenters. The maximum absolute atomic E-state index is 13.7. The van der Waals surface area contributed by atoms with E-state index in [0.29, 0.717) is 5.01 Å². The number of thiazole rings is 1. The SMILES string of the molecule is Fc1cccc(F)c1-c1nc(CCN2CCNCC2)cs1. The van der Waals surface area contributed by atoms with Crippen molar-refractivity contribution in [1.29, 1.82) is 0 Å². The lowest BCUT2D eigenvalue weighted by Crippen LogP contribution is -2.44. The molecule has 1 aromatic heterocycles. The summed E-state index contributed by atoms with van der Waals surface area (Å²) in [4.78, 5) is 6.76. The van der Waals surface area contributed by atoms with E-state index >= 15 is 0 Å². The Morgan fingerprint density at radius 2 is 1.90 bits per heavy atom. The molecular weight excluding hydrogens is 292 g/mol. The Morgan fingerprint density at radius 1 is 1.19 bits per heavy atom. The van der Waals surface area contributed by atoms with E-state index in [-0.39, 0.29) is 5.56 Å². The van der Waals surface area contributed by atoms with Crippen LogP contribution in [0, 0.1) is 11.6 Å². The molecule has 1 saturated heterocycles. The normalized spacial score (nSPS) is 16.3. The molecule has 0 amide bonds. The fraction of sp³-hybridized carbons (Fsp3) is 0.400. The average molecular weight is 309 g/mol. The number of halogens is 2. The largest absolute Gasteiger partial charge is 0.314 e. The topological polar surface area (TPSA) is 28.2 Å². The lowest BCUT2D eigenvalue weighted by Gasteiger charge is -2.26. The van der Waals surface area contributed by atoms with Gasteiger partial charge in [-0.2, -0.15) is 0 Å². The van der Waals surface area contributed by atoms with Crippen LogP contribution in [-0.4, -0.2) is 42.6 Å². The van der Waals surface area contributed by atoms with Crippen LogP contribution in [0.15, 0.2) is 23.6 Å². The Bertz CT molecular complexity index is 588. The van der Waals surface area contributed by atoms with Gasteiger partial charge < -0.3 is 10.2 Å². The first kappa shape index (κ1) is 14.6. The van der Waals surface area contributed by atoms with Gasteiger partial charge in [0.2, 0.25) is 0 Å². The highest BCUT2D eigenvalue weighted by molar-refractivity contribution is 7.13. The summed E-state index contributed by atoms with van der Waals surface area (Å²) in [6.45, 7) is 5.05. The number of nitrogens with one attached hydrogen (secondary N) is 1. The molecule has 0 spiro atoms. The van der Waals surface area contributed by atoms with Gasteiger partial charge in [0.25, 0.3) is 0 Å². The van der Waals surface area contributed by atoms with Crippen molar-refractivity contribution < 1.29 is 8.78 Å². The summed E-state index contributed by atoms with van der Waals surface area (Å²) >= 11 is 1.30. The number of rotatable bonds is 4. The minimum absolute atomic E-state index is 0.0177. The second kappa shape index (κ2) is 6.60. The first-order valence-electron chi connectivity index (χ1n) is 7.06. The second-order valence-corrected chi connectivity index (χ2v) is 5.94. The van der Waals surface area contributed by atoms with Crippen LogP contribution in [0.4, 0.5) is 8.78 Å². The van der Waals surface area contributed by atoms with Gasteiger partial charge in [0.1, 0.15) is 16.6 Å². The van der Waals surface area contributed by atoms with Crippen LogP contribution in [-0.2, 0) is 6.42 Å². The molecule has 0 unspecified atom stereocenters. The summed E-state index contributed by atoms with van der Waals surface area (Å²) in [6, 6.07) is 3.90. The summed E-state index contributed by atoms with van der Waals surface area (Å²) in [5.74, 6) is -1.11. The first-order chi connectivity index (χ1) is 10.2. The Labute approximate surface area is 126 Å². The molecule has 1 N–H and O–H groups in total. The predicted octanol–water partition coefficient (Wildman–Crippen LogP) is 2.54. The van der Waals surface area contributed by atoms with E-state index < -0.39 is 11.6 Å². The molecule has 0 bridgehead atoms. The molecule has 0 saturated carbocycles. The fourth-order valence-electron chi connectivity index (χ4n) is 2.45. The number of hydrogen-bond donors (Lipinski definition) is 1. The molecule has 0 aliphatic carbocycles. The van der Waals surface area contributed by atoms with Crippen LogP contribution in [0.5, 0.6) is 0 Å². The molecule has 6 heteroatoms. The van der Waals surface area contributed by atoms with E-state index in [1.807, 2.05) is 5.38 Å². The van der Waals surface area contributed by atoms with E-state index in [1.54, 1.807) is 0 Å². The molecule has 3 rings (SSSR count). The molecule has 112 valence electrons. The smallest absolute Gasteiger partial charge is 0.136 e. The molecule has 1 fully saturated rings. The first-order valence-corrected chi connectivity index (χ1v) is 7.94. The summed E-state index contributed by atoms with van der Waals surface area (Å²) in [5.41, 5.74) is 0.882. The maximum atomic E-state index is 13.7. The van der Waals surface area contributed by atoms with Gasteiger partial charge in [0, 0.05) is 44.5 Å². The van der Waals surface area contributed by atoms with Gasteiger partial charge in [-0.3, -0.25) is 0 Å². The average Bonchev–Trinajstić information content (AvgIpc) is 2.95. The summed E-state index contributed by atoms with van der Waals surface area (Å²) < 4.78 is 27.5. The van der Waals surface area contributed by atoms with Crippen molar-refractivity contribution in [3.63, 3.8) is 0 Å². The molecule has 1 aliphatic rings. The molecule has 1 aliphatic heterocycles. The zero-order valence-electron chi connectivity index (χ0n) is 11.6. The summed E-state index contributed by atoms with van der Waals surface area (Å²) in [7, 11) is 0. The van der Waals surface area contributed by atoms with Crippen LogP contribution in [0.3, 0.4) is 0 Å². The van der Waals surface area contributed by atoms with Crippen molar-refractivity contribution in [3.8, 4) is 10.6 Å². The summed E-state index contributed by atoms with van der Waals surface area (Å²) in [5, 5.41) is 5.62. The molecule has 3 nitrogen and oxygen atoms in total. The van der Waals surface area contributed by atoms with Crippen LogP contribution >= 0.6 is 11.3 Å². The highest BCUT2D eigenvalue weighted by Crippen LogP contribution is 2.28. The molecule has 1 aromatic carbocycles. The predicted molar refractivity (Wildman–Crippen MR) is 80.5 cm³/mol. The molecule has 2 aromatic rings. The number of nitrogens with zero attached hydrogens (tertiary/aromatic N) is 2. The zero-order chi connectivity index (χ0) is 14.7. The van der Waals surface area contributed by atoms with Crippen molar-refractivity contribution in [3.05, 3.63) is 40.9 Å². The monoisotopic (exact) mass is 309 g/mol. The van der Waals surface area contributed by atoms with E-state index in [2.05, 4.69) is 15.2 Å². The number of hydrogen-bond acceptors (Lipinski definition) is 4. The number of piperazine rings is 1. The number of aromatic nitrogens is 1. The Morgan fingerprint density at radius 3 is 2.62 bits per heavy atom. The molecular formula is C15H17F2N3S. The lowest BCUT2D eigenvalue weighted by molar-refractivity contribution is 0.243. The van der Waals surface area contributed by atoms with Crippen LogP contribution in [0.25, 0.3) is 10.6 Å². The summed E-state index contributed by atoms with van der Waals surface area (Å²) in [6.07, 6.45) is 0.812. The Hall–Kier alpha value is -1.37. The zero-order valence-corrected chi connectivity index (χ0v) is 12.4. The van der Waals surface area contributed by atoms with Gasteiger partial charge in [-0.15, -0.1) is 11.3 Å². The van der Waals surface area contributed by atoms with Gasteiger partial charge in [-0.25, -0.2) is 13.8 Å². The van der Waals surface area contributed by atoms with E-state index in [0.717, 1.165) is 44.8 Å². The van der Waals surface area contributed by atoms with Crippen molar-refractivity contribution in [2.24, 2.45) is 0 Å². The Kier molecular flexibility index (Phi) is 4.57. The highest BCUT2D eigenvalue weighted by atomic mass is 32.1. The van der Waals surface area contributed by atoms with Crippen molar-refractivity contribution in [2.45, 2.75) is 6.42 Å². The van der Waals surface area contributed by atoms with Crippen LogP contribution in [0.2, 0.25) is 0 Å². The third-order valence-corrected chi connectivity index (χ3v) is 4.53. The number of benzene rings is 1.